The molecular formula is C21H23N3O2S. The van der Waals surface area contributed by atoms with Gasteiger partial charge in [-0.2, -0.15) is 0 Å². The Kier molecular flexibility index (Phi) is 6.85. The van der Waals surface area contributed by atoms with E-state index in [2.05, 4.69) is 36.9 Å². The van der Waals surface area contributed by atoms with Crippen LogP contribution < -0.4 is 16.2 Å². The van der Waals surface area contributed by atoms with E-state index in [0.717, 1.165) is 11.1 Å². The minimum absolute atomic E-state index is 0.0115. The molecule has 0 aromatic heterocycles. The Bertz CT molecular complexity index is 838. The van der Waals surface area contributed by atoms with Gasteiger partial charge in [0.2, 0.25) is 5.91 Å². The van der Waals surface area contributed by atoms with Crippen molar-refractivity contribution in [2.24, 2.45) is 0 Å². The van der Waals surface area contributed by atoms with Crippen LogP contribution in [-0.2, 0) is 10.2 Å². The third-order valence-electron chi connectivity index (χ3n) is 3.77. The molecule has 6 heteroatoms. The summed E-state index contributed by atoms with van der Waals surface area (Å²) in [5.41, 5.74) is 7.54. The molecule has 27 heavy (non-hydrogen) atoms. The first kappa shape index (κ1) is 20.3. The van der Waals surface area contributed by atoms with Gasteiger partial charge in [-0.1, -0.05) is 63.2 Å². The summed E-state index contributed by atoms with van der Waals surface area (Å²) >= 11 is 5.01. The third kappa shape index (κ3) is 6.67. The smallest absolute Gasteiger partial charge is 0.269 e. The summed E-state index contributed by atoms with van der Waals surface area (Å²) in [7, 11) is 0. The first-order valence-electron chi connectivity index (χ1n) is 8.51. The standard InChI is InChI=1S/C21H23N3O2S/c1-21(2,3)17-12-10-16(11-13-17)19(26)23-24-20(27)22-18(25)14-9-15-7-5-4-6-8-15/h4-14H,1-3H3,(H,23,26)(H2,22,24,25,27). The minimum Gasteiger partial charge on any atom is -0.298 e. The molecule has 2 aromatic carbocycles. The summed E-state index contributed by atoms with van der Waals surface area (Å²) in [5, 5.41) is 2.48. The molecule has 0 saturated heterocycles. The fraction of sp³-hybridized carbons (Fsp3) is 0.190. The molecule has 140 valence electrons. The zero-order valence-corrected chi connectivity index (χ0v) is 16.4. The van der Waals surface area contributed by atoms with Gasteiger partial charge in [0.05, 0.1) is 0 Å². The van der Waals surface area contributed by atoms with Crippen LogP contribution in [0.2, 0.25) is 0 Å². The summed E-state index contributed by atoms with van der Waals surface area (Å²) in [4.78, 5) is 24.0. The quantitative estimate of drug-likeness (QED) is 0.433. The molecule has 0 atom stereocenters. The molecule has 2 amide bonds. The van der Waals surface area contributed by atoms with Crippen molar-refractivity contribution in [2.75, 3.05) is 0 Å². The second kappa shape index (κ2) is 9.09. The zero-order valence-electron chi connectivity index (χ0n) is 15.6. The summed E-state index contributed by atoms with van der Waals surface area (Å²) in [6.07, 6.45) is 3.05. The van der Waals surface area contributed by atoms with Crippen LogP contribution in [0.5, 0.6) is 0 Å². The molecule has 2 rings (SSSR count). The highest BCUT2D eigenvalue weighted by atomic mass is 32.1. The van der Waals surface area contributed by atoms with E-state index >= 15 is 0 Å². The number of rotatable bonds is 3. The molecule has 0 aliphatic heterocycles. The molecule has 3 N–H and O–H groups in total. The Morgan fingerprint density at radius 1 is 0.926 bits per heavy atom. The van der Waals surface area contributed by atoms with Gasteiger partial charge in [-0.25, -0.2) is 0 Å². The highest BCUT2D eigenvalue weighted by Gasteiger charge is 2.14. The molecule has 0 saturated carbocycles. The molecule has 0 aliphatic rings. The Morgan fingerprint density at radius 2 is 1.56 bits per heavy atom. The third-order valence-corrected chi connectivity index (χ3v) is 3.97. The van der Waals surface area contributed by atoms with Crippen LogP contribution in [-0.4, -0.2) is 16.9 Å². The molecule has 0 unspecified atom stereocenters. The van der Waals surface area contributed by atoms with E-state index in [1.165, 1.54) is 6.08 Å². The number of carbonyl (C=O) groups is 2. The Hall–Kier alpha value is -2.99. The molecule has 0 spiro atoms. The fourth-order valence-electron chi connectivity index (χ4n) is 2.23. The molecule has 0 fully saturated rings. The van der Waals surface area contributed by atoms with Gasteiger partial charge < -0.3 is 0 Å². The maximum atomic E-state index is 12.1. The average Bonchev–Trinajstić information content (AvgIpc) is 2.64. The van der Waals surface area contributed by atoms with E-state index < -0.39 is 0 Å². The van der Waals surface area contributed by atoms with Crippen molar-refractivity contribution in [1.82, 2.24) is 16.2 Å². The van der Waals surface area contributed by atoms with Crippen molar-refractivity contribution < 1.29 is 9.59 Å². The molecule has 0 aliphatic carbocycles. The summed E-state index contributed by atoms with van der Waals surface area (Å²) in [5.74, 6) is -0.730. The number of carbonyl (C=O) groups excluding carboxylic acids is 2. The van der Waals surface area contributed by atoms with E-state index in [9.17, 15) is 9.59 Å². The first-order chi connectivity index (χ1) is 12.8. The van der Waals surface area contributed by atoms with E-state index in [-0.39, 0.29) is 22.3 Å². The van der Waals surface area contributed by atoms with Crippen LogP contribution in [0.1, 0.15) is 42.3 Å². The predicted molar refractivity (Wildman–Crippen MR) is 112 cm³/mol. The van der Waals surface area contributed by atoms with E-state index in [4.69, 9.17) is 12.2 Å². The van der Waals surface area contributed by atoms with Crippen LogP contribution in [0.3, 0.4) is 0 Å². The van der Waals surface area contributed by atoms with Crippen LogP contribution in [0, 0.1) is 0 Å². The lowest BCUT2D eigenvalue weighted by Gasteiger charge is -2.19. The number of amides is 2. The van der Waals surface area contributed by atoms with Crippen molar-refractivity contribution in [3.63, 3.8) is 0 Å². The van der Waals surface area contributed by atoms with Crippen molar-refractivity contribution in [1.29, 1.82) is 0 Å². The summed E-state index contributed by atoms with van der Waals surface area (Å²) in [6, 6.07) is 16.8. The molecule has 2 aromatic rings. The number of nitrogens with one attached hydrogen (secondary N) is 3. The zero-order chi connectivity index (χ0) is 19.9. The van der Waals surface area contributed by atoms with Gasteiger partial charge in [-0.15, -0.1) is 0 Å². The lowest BCUT2D eigenvalue weighted by atomic mass is 9.87. The number of hydrogen-bond acceptors (Lipinski definition) is 3. The maximum Gasteiger partial charge on any atom is 0.269 e. The minimum atomic E-state index is -0.389. The second-order valence-electron chi connectivity index (χ2n) is 6.97. The SMILES string of the molecule is CC(C)(C)c1ccc(C(=O)NNC(=S)NC(=O)C=Cc2ccccc2)cc1. The molecule has 5 nitrogen and oxygen atoms in total. The number of hydrazine groups is 1. The molecule has 0 bridgehead atoms. The lowest BCUT2D eigenvalue weighted by molar-refractivity contribution is -0.115. The van der Waals surface area contributed by atoms with Crippen LogP contribution in [0.4, 0.5) is 0 Å². The van der Waals surface area contributed by atoms with Gasteiger partial charge in [0, 0.05) is 11.6 Å². The number of benzene rings is 2. The van der Waals surface area contributed by atoms with Crippen LogP contribution in [0.25, 0.3) is 6.08 Å². The number of thiocarbonyl (C=S) groups is 1. The van der Waals surface area contributed by atoms with Crippen LogP contribution >= 0.6 is 12.2 Å². The van der Waals surface area contributed by atoms with Gasteiger partial charge in [0.1, 0.15) is 0 Å². The highest BCUT2D eigenvalue weighted by molar-refractivity contribution is 7.80. The number of hydrogen-bond donors (Lipinski definition) is 3. The van der Waals surface area contributed by atoms with E-state index in [1.54, 1.807) is 18.2 Å². The highest BCUT2D eigenvalue weighted by Crippen LogP contribution is 2.22. The predicted octanol–water partition coefficient (Wildman–Crippen LogP) is 3.33. The fourth-order valence-corrected chi connectivity index (χ4v) is 2.38. The lowest BCUT2D eigenvalue weighted by Crippen LogP contribution is -2.48. The second-order valence-corrected chi connectivity index (χ2v) is 7.38. The first-order valence-corrected chi connectivity index (χ1v) is 8.91. The van der Waals surface area contributed by atoms with Crippen molar-refractivity contribution >= 4 is 35.2 Å². The normalized spacial score (nSPS) is 11.1. The van der Waals surface area contributed by atoms with Gasteiger partial charge in [-0.3, -0.25) is 25.8 Å². The van der Waals surface area contributed by atoms with E-state index in [0.29, 0.717) is 5.56 Å². The maximum absolute atomic E-state index is 12.1. The van der Waals surface area contributed by atoms with Gasteiger partial charge in [0.15, 0.2) is 5.11 Å². The summed E-state index contributed by atoms with van der Waals surface area (Å²) in [6.45, 7) is 6.32. The molecular weight excluding hydrogens is 358 g/mol. The topological polar surface area (TPSA) is 70.2 Å². The van der Waals surface area contributed by atoms with Crippen molar-refractivity contribution in [3.8, 4) is 0 Å². The average molecular weight is 382 g/mol. The Labute approximate surface area is 164 Å². The van der Waals surface area contributed by atoms with Gasteiger partial charge >= 0.3 is 0 Å². The summed E-state index contributed by atoms with van der Waals surface area (Å²) < 4.78 is 0. The van der Waals surface area contributed by atoms with Gasteiger partial charge in [-0.05, 0) is 47.0 Å². The van der Waals surface area contributed by atoms with Crippen molar-refractivity contribution in [3.05, 3.63) is 77.4 Å². The molecule has 0 heterocycles. The van der Waals surface area contributed by atoms with Crippen molar-refractivity contribution in [2.45, 2.75) is 26.2 Å². The van der Waals surface area contributed by atoms with Gasteiger partial charge in [0.25, 0.3) is 5.91 Å². The largest absolute Gasteiger partial charge is 0.298 e. The van der Waals surface area contributed by atoms with E-state index in [1.807, 2.05) is 42.5 Å². The monoisotopic (exact) mass is 381 g/mol. The molecule has 0 radical (unpaired) electrons. The Balaban J connectivity index is 1.81. The van der Waals surface area contributed by atoms with Crippen LogP contribution in [0.15, 0.2) is 60.7 Å². The Morgan fingerprint density at radius 3 is 2.15 bits per heavy atom.